The summed E-state index contributed by atoms with van der Waals surface area (Å²) in [5.41, 5.74) is 4.82. The maximum Gasteiger partial charge on any atom is 0.248 e. The van der Waals surface area contributed by atoms with Crippen molar-refractivity contribution in [3.63, 3.8) is 0 Å². The summed E-state index contributed by atoms with van der Waals surface area (Å²) in [6.45, 7) is 3.68. The molecule has 5 nitrogen and oxygen atoms in total. The molecule has 0 bridgehead atoms. The molecular weight excluding hydrogens is 184 g/mol. The van der Waals surface area contributed by atoms with Crippen molar-refractivity contribution in [1.29, 1.82) is 0 Å². The van der Waals surface area contributed by atoms with Crippen molar-refractivity contribution < 1.29 is 14.7 Å². The minimum atomic E-state index is -1.30. The largest absolute Gasteiger partial charge is 0.381 e. The van der Waals surface area contributed by atoms with E-state index in [0.717, 1.165) is 12.8 Å². The van der Waals surface area contributed by atoms with Gasteiger partial charge in [0.2, 0.25) is 11.8 Å². The van der Waals surface area contributed by atoms with Crippen LogP contribution in [0.15, 0.2) is 0 Å². The van der Waals surface area contributed by atoms with Crippen LogP contribution in [0.2, 0.25) is 0 Å². The number of aliphatic hydroxyl groups excluding tert-OH is 1. The second-order valence-electron chi connectivity index (χ2n) is 3.35. The molecule has 0 aromatic heterocycles. The molecule has 0 aromatic rings. The number of aliphatic hydroxyl groups is 1. The summed E-state index contributed by atoms with van der Waals surface area (Å²) in [6.07, 6.45) is 0.415. The Morgan fingerprint density at radius 2 is 2.07 bits per heavy atom. The third-order valence-electron chi connectivity index (χ3n) is 1.97. The van der Waals surface area contributed by atoms with Crippen molar-refractivity contribution in [1.82, 2.24) is 5.32 Å². The molecule has 14 heavy (non-hydrogen) atoms. The SMILES string of the molecule is CCCC(C)C(=O)NCC(O)C(N)=O. The molecule has 2 atom stereocenters. The van der Waals surface area contributed by atoms with Gasteiger partial charge in [0.1, 0.15) is 6.10 Å². The van der Waals surface area contributed by atoms with E-state index in [-0.39, 0.29) is 18.4 Å². The van der Waals surface area contributed by atoms with Crippen LogP contribution in [0.3, 0.4) is 0 Å². The van der Waals surface area contributed by atoms with Crippen LogP contribution >= 0.6 is 0 Å². The lowest BCUT2D eigenvalue weighted by Crippen LogP contribution is -2.41. The van der Waals surface area contributed by atoms with Gasteiger partial charge in [-0.05, 0) is 6.42 Å². The molecule has 2 amide bonds. The molecule has 5 heteroatoms. The molecule has 82 valence electrons. The molecule has 0 aliphatic carbocycles. The Morgan fingerprint density at radius 1 is 1.50 bits per heavy atom. The number of nitrogens with one attached hydrogen (secondary N) is 1. The Kier molecular flexibility index (Phi) is 5.87. The van der Waals surface area contributed by atoms with Gasteiger partial charge >= 0.3 is 0 Å². The highest BCUT2D eigenvalue weighted by molar-refractivity contribution is 5.81. The van der Waals surface area contributed by atoms with E-state index >= 15 is 0 Å². The molecule has 0 fully saturated rings. The summed E-state index contributed by atoms with van der Waals surface area (Å²) in [5, 5.41) is 11.5. The van der Waals surface area contributed by atoms with Crippen molar-refractivity contribution in [2.24, 2.45) is 11.7 Å². The van der Waals surface area contributed by atoms with Gasteiger partial charge in [0.25, 0.3) is 0 Å². The highest BCUT2D eigenvalue weighted by atomic mass is 16.3. The maximum absolute atomic E-state index is 11.3. The van der Waals surface area contributed by atoms with Gasteiger partial charge in [0.15, 0.2) is 0 Å². The van der Waals surface area contributed by atoms with E-state index in [1.54, 1.807) is 6.92 Å². The lowest BCUT2D eigenvalue weighted by atomic mass is 10.1. The van der Waals surface area contributed by atoms with Gasteiger partial charge in [-0.1, -0.05) is 20.3 Å². The zero-order valence-electron chi connectivity index (χ0n) is 8.62. The molecule has 4 N–H and O–H groups in total. The van der Waals surface area contributed by atoms with Crippen molar-refractivity contribution in [3.05, 3.63) is 0 Å². The number of carbonyl (C=O) groups excluding carboxylic acids is 2. The van der Waals surface area contributed by atoms with Crippen LogP contribution in [0.4, 0.5) is 0 Å². The Balaban J connectivity index is 3.78. The summed E-state index contributed by atoms with van der Waals surface area (Å²) in [4.78, 5) is 21.7. The molecule has 0 radical (unpaired) electrons. The van der Waals surface area contributed by atoms with E-state index in [9.17, 15) is 9.59 Å². The molecule has 0 saturated carbocycles. The van der Waals surface area contributed by atoms with Crippen LogP contribution in [-0.4, -0.2) is 29.6 Å². The molecule has 0 heterocycles. The van der Waals surface area contributed by atoms with E-state index in [2.05, 4.69) is 5.32 Å². The molecular formula is C9H18N2O3. The normalized spacial score (nSPS) is 14.5. The van der Waals surface area contributed by atoms with Crippen molar-refractivity contribution >= 4 is 11.8 Å². The number of rotatable bonds is 6. The Morgan fingerprint density at radius 3 is 2.50 bits per heavy atom. The topological polar surface area (TPSA) is 92.4 Å². The first-order valence-electron chi connectivity index (χ1n) is 4.74. The summed E-state index contributed by atoms with van der Waals surface area (Å²) in [6, 6.07) is 0. The quantitative estimate of drug-likeness (QED) is 0.536. The van der Waals surface area contributed by atoms with Gasteiger partial charge in [-0.2, -0.15) is 0 Å². The Hall–Kier alpha value is -1.10. The Labute approximate surface area is 83.7 Å². The van der Waals surface area contributed by atoms with Gasteiger partial charge in [-0.3, -0.25) is 9.59 Å². The first-order chi connectivity index (χ1) is 6.49. The predicted octanol–water partition coefficient (Wildman–Crippen LogP) is -0.615. The second kappa shape index (κ2) is 6.37. The third-order valence-corrected chi connectivity index (χ3v) is 1.97. The number of carbonyl (C=O) groups is 2. The monoisotopic (exact) mass is 202 g/mol. The number of amides is 2. The fourth-order valence-electron chi connectivity index (χ4n) is 1.04. The maximum atomic E-state index is 11.3. The standard InChI is InChI=1S/C9H18N2O3/c1-3-4-6(2)9(14)11-5-7(12)8(10)13/h6-7,12H,3-5H2,1-2H3,(H2,10,13)(H,11,14). The summed E-state index contributed by atoms with van der Waals surface area (Å²) in [7, 11) is 0. The first-order valence-corrected chi connectivity index (χ1v) is 4.74. The lowest BCUT2D eigenvalue weighted by molar-refractivity contribution is -0.128. The van der Waals surface area contributed by atoms with Crippen molar-refractivity contribution in [2.45, 2.75) is 32.8 Å². The van der Waals surface area contributed by atoms with Crippen molar-refractivity contribution in [2.75, 3.05) is 6.54 Å². The zero-order valence-corrected chi connectivity index (χ0v) is 8.62. The van der Waals surface area contributed by atoms with Crippen LogP contribution in [0.1, 0.15) is 26.7 Å². The fourth-order valence-corrected chi connectivity index (χ4v) is 1.04. The third kappa shape index (κ3) is 4.81. The van der Waals surface area contributed by atoms with Crippen LogP contribution in [-0.2, 0) is 9.59 Å². The molecule has 0 rings (SSSR count). The molecule has 2 unspecified atom stereocenters. The summed E-state index contributed by atoms with van der Waals surface area (Å²) >= 11 is 0. The summed E-state index contributed by atoms with van der Waals surface area (Å²) < 4.78 is 0. The first kappa shape index (κ1) is 12.9. The zero-order chi connectivity index (χ0) is 11.1. The van der Waals surface area contributed by atoms with Crippen molar-refractivity contribution in [3.8, 4) is 0 Å². The van der Waals surface area contributed by atoms with Crippen LogP contribution < -0.4 is 11.1 Å². The van der Waals surface area contributed by atoms with Gasteiger partial charge in [-0.25, -0.2) is 0 Å². The van der Waals surface area contributed by atoms with Gasteiger partial charge < -0.3 is 16.2 Å². The molecule has 0 aliphatic heterocycles. The lowest BCUT2D eigenvalue weighted by Gasteiger charge is -2.12. The molecule has 0 aliphatic rings. The number of nitrogens with two attached hydrogens (primary N) is 1. The van der Waals surface area contributed by atoms with Crippen LogP contribution in [0.5, 0.6) is 0 Å². The average Bonchev–Trinajstić information content (AvgIpc) is 2.13. The van der Waals surface area contributed by atoms with E-state index < -0.39 is 12.0 Å². The van der Waals surface area contributed by atoms with E-state index in [1.165, 1.54) is 0 Å². The molecule has 0 aromatic carbocycles. The highest BCUT2D eigenvalue weighted by Gasteiger charge is 2.15. The van der Waals surface area contributed by atoms with E-state index in [0.29, 0.717) is 0 Å². The average molecular weight is 202 g/mol. The van der Waals surface area contributed by atoms with Crippen LogP contribution in [0.25, 0.3) is 0 Å². The minimum absolute atomic E-state index is 0.0972. The number of hydrogen-bond donors (Lipinski definition) is 3. The van der Waals surface area contributed by atoms with Crippen LogP contribution in [0, 0.1) is 5.92 Å². The smallest absolute Gasteiger partial charge is 0.248 e. The highest BCUT2D eigenvalue weighted by Crippen LogP contribution is 2.04. The van der Waals surface area contributed by atoms with Gasteiger partial charge in [0, 0.05) is 5.92 Å². The van der Waals surface area contributed by atoms with Gasteiger partial charge in [-0.15, -0.1) is 0 Å². The fraction of sp³-hybridized carbons (Fsp3) is 0.778. The number of primary amides is 1. The summed E-state index contributed by atoms with van der Waals surface area (Å²) in [5.74, 6) is -1.08. The van der Waals surface area contributed by atoms with Gasteiger partial charge in [0.05, 0.1) is 6.54 Å². The van der Waals surface area contributed by atoms with E-state index in [4.69, 9.17) is 10.8 Å². The predicted molar refractivity (Wildman–Crippen MR) is 52.3 cm³/mol. The molecule has 0 spiro atoms. The second-order valence-corrected chi connectivity index (χ2v) is 3.35. The molecule has 0 saturated heterocycles. The Bertz CT molecular complexity index is 206. The number of hydrogen-bond acceptors (Lipinski definition) is 3. The van der Waals surface area contributed by atoms with E-state index in [1.807, 2.05) is 6.92 Å². The minimum Gasteiger partial charge on any atom is -0.381 e.